The molecule has 1 heterocycles. The van der Waals surface area contributed by atoms with Gasteiger partial charge in [-0.05, 0) is 47.5 Å². The third-order valence-electron chi connectivity index (χ3n) is 4.70. The Hall–Kier alpha value is -4.23. The molecule has 0 spiro atoms. The number of nitro groups is 1. The lowest BCUT2D eigenvalue weighted by Gasteiger charge is -2.05. The molecule has 158 valence electrons. The number of amides is 1. The Balaban J connectivity index is 1.48. The Kier molecular flexibility index (Phi) is 5.83. The molecule has 7 nitrogen and oxygen atoms in total. The molecule has 0 atom stereocenters. The second-order valence-corrected chi connectivity index (χ2v) is 7.26. The number of benzene rings is 3. The highest BCUT2D eigenvalue weighted by molar-refractivity contribution is 6.32. The van der Waals surface area contributed by atoms with Crippen molar-refractivity contribution in [1.29, 1.82) is 0 Å². The van der Waals surface area contributed by atoms with Gasteiger partial charge in [0.2, 0.25) is 5.91 Å². The molecule has 8 heteroatoms. The van der Waals surface area contributed by atoms with Gasteiger partial charge in [0.15, 0.2) is 0 Å². The monoisotopic (exact) mass is 446 g/mol. The minimum absolute atomic E-state index is 0.0251. The highest BCUT2D eigenvalue weighted by Crippen LogP contribution is 2.26. The van der Waals surface area contributed by atoms with Gasteiger partial charge in [-0.2, -0.15) is 0 Å². The first-order valence-electron chi connectivity index (χ1n) is 9.47. The zero-order chi connectivity index (χ0) is 22.7. The average Bonchev–Trinajstić information content (AvgIpc) is 2.78. The predicted octanol–water partition coefficient (Wildman–Crippen LogP) is 5.67. The minimum atomic E-state index is -0.586. The molecule has 0 unspecified atom stereocenters. The SMILES string of the molecule is O=C(/C=C/c1ccc(Cl)c([N+](=O)[O-])c1)Nc1ccc(-c2cc3ccccc3oc2=O)cc1. The van der Waals surface area contributed by atoms with Gasteiger partial charge in [-0.1, -0.05) is 48.0 Å². The molecule has 1 amide bonds. The van der Waals surface area contributed by atoms with E-state index in [1.54, 1.807) is 48.5 Å². The molecule has 0 radical (unpaired) electrons. The molecule has 0 aliphatic rings. The van der Waals surface area contributed by atoms with Crippen LogP contribution in [-0.4, -0.2) is 10.8 Å². The molecule has 0 saturated heterocycles. The number of nitrogens with zero attached hydrogens (tertiary/aromatic N) is 1. The standard InChI is InChI=1S/C24H15ClN2O5/c25-20-11-5-15(13-21(20)27(30)31)6-12-23(28)26-18-9-7-16(8-10-18)19-14-17-3-1-2-4-22(17)32-24(19)29/h1-14H,(H,26,28)/b12-6+. The molecule has 0 aliphatic carbocycles. The molecule has 1 N–H and O–H groups in total. The van der Waals surface area contributed by atoms with Crippen LogP contribution >= 0.6 is 11.6 Å². The summed E-state index contributed by atoms with van der Waals surface area (Å²) in [6.07, 6.45) is 2.71. The number of carbonyl (C=O) groups excluding carboxylic acids is 1. The number of fused-ring (bicyclic) bond motifs is 1. The Morgan fingerprint density at radius 3 is 2.53 bits per heavy atom. The summed E-state index contributed by atoms with van der Waals surface area (Å²) in [5.41, 5.74) is 1.91. The fraction of sp³-hybridized carbons (Fsp3) is 0. The highest BCUT2D eigenvalue weighted by atomic mass is 35.5. The molecule has 0 saturated carbocycles. The van der Waals surface area contributed by atoms with Crippen molar-refractivity contribution in [3.05, 3.63) is 110 Å². The van der Waals surface area contributed by atoms with Crippen molar-refractivity contribution in [3.63, 3.8) is 0 Å². The molecule has 0 bridgehead atoms. The zero-order valence-corrected chi connectivity index (χ0v) is 17.2. The molecule has 0 aliphatic heterocycles. The lowest BCUT2D eigenvalue weighted by atomic mass is 10.1. The number of carbonyl (C=O) groups is 1. The number of nitrogens with one attached hydrogen (secondary N) is 1. The first kappa shape index (κ1) is 21.0. The minimum Gasteiger partial charge on any atom is -0.422 e. The molecular formula is C24H15ClN2O5. The van der Waals surface area contributed by atoms with Crippen LogP contribution in [-0.2, 0) is 4.79 Å². The van der Waals surface area contributed by atoms with Crippen LogP contribution in [0.25, 0.3) is 28.2 Å². The number of rotatable bonds is 5. The van der Waals surface area contributed by atoms with Crippen molar-refractivity contribution in [2.75, 3.05) is 5.32 Å². The molecule has 4 rings (SSSR count). The van der Waals surface area contributed by atoms with Crippen LogP contribution in [0.4, 0.5) is 11.4 Å². The van der Waals surface area contributed by atoms with Gasteiger partial charge in [0.1, 0.15) is 10.6 Å². The fourth-order valence-corrected chi connectivity index (χ4v) is 3.31. The Morgan fingerprint density at radius 2 is 1.78 bits per heavy atom. The van der Waals surface area contributed by atoms with E-state index in [2.05, 4.69) is 5.32 Å². The summed E-state index contributed by atoms with van der Waals surface area (Å²) < 4.78 is 5.36. The summed E-state index contributed by atoms with van der Waals surface area (Å²) in [5, 5.41) is 14.5. The van der Waals surface area contributed by atoms with Crippen molar-refractivity contribution in [2.24, 2.45) is 0 Å². The number of halogens is 1. The van der Waals surface area contributed by atoms with Crippen LogP contribution in [0.2, 0.25) is 5.02 Å². The first-order valence-corrected chi connectivity index (χ1v) is 9.85. The Morgan fingerprint density at radius 1 is 1.03 bits per heavy atom. The van der Waals surface area contributed by atoms with E-state index in [-0.39, 0.29) is 10.7 Å². The van der Waals surface area contributed by atoms with E-state index in [1.807, 2.05) is 12.1 Å². The summed E-state index contributed by atoms with van der Waals surface area (Å²) in [6.45, 7) is 0. The van der Waals surface area contributed by atoms with Crippen molar-refractivity contribution in [2.45, 2.75) is 0 Å². The van der Waals surface area contributed by atoms with E-state index in [0.717, 1.165) is 5.39 Å². The number of hydrogen-bond donors (Lipinski definition) is 1. The molecule has 4 aromatic rings. The maximum Gasteiger partial charge on any atom is 0.344 e. The smallest absolute Gasteiger partial charge is 0.344 e. The summed E-state index contributed by atoms with van der Waals surface area (Å²) in [4.78, 5) is 34.9. The van der Waals surface area contributed by atoms with E-state index in [9.17, 15) is 19.7 Å². The van der Waals surface area contributed by atoms with Gasteiger partial charge in [-0.3, -0.25) is 14.9 Å². The van der Waals surface area contributed by atoms with Gasteiger partial charge in [-0.25, -0.2) is 4.79 Å². The first-order chi connectivity index (χ1) is 15.4. The third kappa shape index (κ3) is 4.58. The lowest BCUT2D eigenvalue weighted by Crippen LogP contribution is -2.08. The van der Waals surface area contributed by atoms with Crippen molar-refractivity contribution in [1.82, 2.24) is 0 Å². The Bertz CT molecular complexity index is 1420. The zero-order valence-electron chi connectivity index (χ0n) is 16.4. The van der Waals surface area contributed by atoms with Gasteiger partial charge in [0, 0.05) is 23.2 Å². The van der Waals surface area contributed by atoms with E-state index in [1.165, 1.54) is 24.3 Å². The van der Waals surface area contributed by atoms with Crippen molar-refractivity contribution < 1.29 is 14.1 Å². The van der Waals surface area contributed by atoms with Gasteiger partial charge < -0.3 is 9.73 Å². The molecule has 32 heavy (non-hydrogen) atoms. The topological polar surface area (TPSA) is 102 Å². The van der Waals surface area contributed by atoms with E-state index in [4.69, 9.17) is 16.0 Å². The molecule has 3 aromatic carbocycles. The maximum atomic E-state index is 12.3. The van der Waals surface area contributed by atoms with Crippen LogP contribution in [0.1, 0.15) is 5.56 Å². The number of para-hydroxylation sites is 1. The third-order valence-corrected chi connectivity index (χ3v) is 5.02. The second-order valence-electron chi connectivity index (χ2n) is 6.85. The number of anilines is 1. The van der Waals surface area contributed by atoms with E-state index < -0.39 is 16.5 Å². The summed E-state index contributed by atoms with van der Waals surface area (Å²) in [5.74, 6) is -0.416. The van der Waals surface area contributed by atoms with Gasteiger partial charge in [0.05, 0.1) is 10.5 Å². The summed E-state index contributed by atoms with van der Waals surface area (Å²) >= 11 is 5.79. The van der Waals surface area contributed by atoms with Crippen LogP contribution in [0, 0.1) is 10.1 Å². The number of nitro benzene ring substituents is 1. The van der Waals surface area contributed by atoms with Gasteiger partial charge in [0.25, 0.3) is 5.69 Å². The van der Waals surface area contributed by atoms with Crippen molar-refractivity contribution >= 4 is 45.9 Å². The van der Waals surface area contributed by atoms with Crippen LogP contribution < -0.4 is 10.9 Å². The van der Waals surface area contributed by atoms with E-state index in [0.29, 0.717) is 28.0 Å². The maximum absolute atomic E-state index is 12.3. The van der Waals surface area contributed by atoms with Gasteiger partial charge in [-0.15, -0.1) is 0 Å². The largest absolute Gasteiger partial charge is 0.422 e. The fourth-order valence-electron chi connectivity index (χ4n) is 3.13. The average molecular weight is 447 g/mol. The molecule has 1 aromatic heterocycles. The van der Waals surface area contributed by atoms with Gasteiger partial charge >= 0.3 is 5.63 Å². The lowest BCUT2D eigenvalue weighted by molar-refractivity contribution is -0.384. The van der Waals surface area contributed by atoms with Crippen LogP contribution in [0.3, 0.4) is 0 Å². The Labute approximate surface area is 186 Å². The second kappa shape index (κ2) is 8.87. The van der Waals surface area contributed by atoms with E-state index >= 15 is 0 Å². The predicted molar refractivity (Wildman–Crippen MR) is 124 cm³/mol. The van der Waals surface area contributed by atoms with Crippen LogP contribution in [0.5, 0.6) is 0 Å². The normalized spacial score (nSPS) is 11.0. The molecular weight excluding hydrogens is 432 g/mol. The summed E-state index contributed by atoms with van der Waals surface area (Å²) in [7, 11) is 0. The quantitative estimate of drug-likeness (QED) is 0.184. The molecule has 0 fully saturated rings. The number of hydrogen-bond acceptors (Lipinski definition) is 5. The van der Waals surface area contributed by atoms with Crippen LogP contribution in [0.15, 0.2) is 88.1 Å². The van der Waals surface area contributed by atoms with Crippen molar-refractivity contribution in [3.8, 4) is 11.1 Å². The highest BCUT2D eigenvalue weighted by Gasteiger charge is 2.12. The summed E-state index contributed by atoms with van der Waals surface area (Å²) in [6, 6.07) is 20.0.